The standard InChI is InChI=1S/C9H10N2O/c1-6-4-9(12-3)7(2)11-8(6)5-10/h4H,1-3H3. The van der Waals surface area contributed by atoms with Crippen LogP contribution in [0.4, 0.5) is 0 Å². The zero-order chi connectivity index (χ0) is 9.14. The summed E-state index contributed by atoms with van der Waals surface area (Å²) in [6.07, 6.45) is 0. The van der Waals surface area contributed by atoms with Crippen molar-refractivity contribution >= 4 is 0 Å². The lowest BCUT2D eigenvalue weighted by Crippen LogP contribution is -1.95. The van der Waals surface area contributed by atoms with Crippen molar-refractivity contribution in [1.82, 2.24) is 4.98 Å². The van der Waals surface area contributed by atoms with Crippen molar-refractivity contribution in [3.8, 4) is 11.8 Å². The summed E-state index contributed by atoms with van der Waals surface area (Å²) in [4.78, 5) is 4.08. The molecule has 0 aliphatic carbocycles. The molecule has 1 rings (SSSR count). The highest BCUT2D eigenvalue weighted by Crippen LogP contribution is 2.18. The van der Waals surface area contributed by atoms with Gasteiger partial charge in [0.2, 0.25) is 0 Å². The van der Waals surface area contributed by atoms with Crippen LogP contribution in [0, 0.1) is 25.2 Å². The van der Waals surface area contributed by atoms with E-state index in [2.05, 4.69) is 4.98 Å². The first-order valence-electron chi connectivity index (χ1n) is 3.61. The summed E-state index contributed by atoms with van der Waals surface area (Å²) < 4.78 is 5.05. The van der Waals surface area contributed by atoms with E-state index in [-0.39, 0.29) is 0 Å². The fraction of sp³-hybridized carbons (Fsp3) is 0.333. The minimum Gasteiger partial charge on any atom is -0.495 e. The van der Waals surface area contributed by atoms with Gasteiger partial charge in [0, 0.05) is 0 Å². The van der Waals surface area contributed by atoms with Gasteiger partial charge in [-0.25, -0.2) is 4.98 Å². The molecule has 0 aliphatic heterocycles. The molecule has 3 heteroatoms. The number of rotatable bonds is 1. The Morgan fingerprint density at radius 1 is 1.50 bits per heavy atom. The summed E-state index contributed by atoms with van der Waals surface area (Å²) in [5.74, 6) is 0.728. The SMILES string of the molecule is COc1cc(C)c(C#N)nc1C. The molecule has 1 aromatic heterocycles. The Kier molecular flexibility index (Phi) is 2.29. The van der Waals surface area contributed by atoms with Crippen molar-refractivity contribution in [3.63, 3.8) is 0 Å². The van der Waals surface area contributed by atoms with E-state index in [4.69, 9.17) is 10.00 Å². The van der Waals surface area contributed by atoms with Gasteiger partial charge in [0.15, 0.2) is 0 Å². The molecule has 12 heavy (non-hydrogen) atoms. The molecule has 0 atom stereocenters. The van der Waals surface area contributed by atoms with Crippen molar-refractivity contribution in [1.29, 1.82) is 5.26 Å². The number of hydrogen-bond acceptors (Lipinski definition) is 3. The van der Waals surface area contributed by atoms with Crippen molar-refractivity contribution < 1.29 is 4.74 Å². The second kappa shape index (κ2) is 3.22. The molecule has 0 radical (unpaired) electrons. The largest absolute Gasteiger partial charge is 0.495 e. The summed E-state index contributed by atoms with van der Waals surface area (Å²) in [5, 5.41) is 8.65. The van der Waals surface area contributed by atoms with Crippen molar-refractivity contribution in [3.05, 3.63) is 23.0 Å². The normalized spacial score (nSPS) is 9.17. The van der Waals surface area contributed by atoms with Crippen LogP contribution in [0.5, 0.6) is 5.75 Å². The minimum absolute atomic E-state index is 0.466. The van der Waals surface area contributed by atoms with Crippen LogP contribution in [0.15, 0.2) is 6.07 Å². The summed E-state index contributed by atoms with van der Waals surface area (Å²) >= 11 is 0. The van der Waals surface area contributed by atoms with Gasteiger partial charge in [0.1, 0.15) is 17.5 Å². The van der Waals surface area contributed by atoms with Crippen LogP contribution in [0.1, 0.15) is 17.0 Å². The average Bonchev–Trinajstić information content (AvgIpc) is 2.08. The maximum atomic E-state index is 8.65. The van der Waals surface area contributed by atoms with Crippen LogP contribution in [0.25, 0.3) is 0 Å². The van der Waals surface area contributed by atoms with E-state index in [1.165, 1.54) is 0 Å². The van der Waals surface area contributed by atoms with Crippen molar-refractivity contribution in [2.24, 2.45) is 0 Å². The highest BCUT2D eigenvalue weighted by atomic mass is 16.5. The fourth-order valence-corrected chi connectivity index (χ4v) is 1.00. The molecule has 1 aromatic rings. The second-order valence-electron chi connectivity index (χ2n) is 2.55. The zero-order valence-electron chi connectivity index (χ0n) is 7.38. The average molecular weight is 162 g/mol. The maximum Gasteiger partial charge on any atom is 0.143 e. The Bertz CT molecular complexity index is 338. The molecule has 0 spiro atoms. The highest BCUT2D eigenvalue weighted by molar-refractivity contribution is 5.39. The van der Waals surface area contributed by atoms with E-state index < -0.39 is 0 Å². The quantitative estimate of drug-likeness (QED) is 0.629. The van der Waals surface area contributed by atoms with E-state index in [1.807, 2.05) is 26.0 Å². The molecule has 0 aliphatic rings. The molecule has 62 valence electrons. The fourth-order valence-electron chi connectivity index (χ4n) is 1.00. The number of aromatic nitrogens is 1. The van der Waals surface area contributed by atoms with E-state index in [9.17, 15) is 0 Å². The molecule has 0 amide bonds. The Labute approximate surface area is 71.6 Å². The van der Waals surface area contributed by atoms with Gasteiger partial charge in [-0.05, 0) is 25.5 Å². The predicted octanol–water partition coefficient (Wildman–Crippen LogP) is 1.58. The van der Waals surface area contributed by atoms with Crippen LogP contribution in [0.2, 0.25) is 0 Å². The maximum absolute atomic E-state index is 8.65. The lowest BCUT2D eigenvalue weighted by atomic mass is 10.2. The van der Waals surface area contributed by atoms with Gasteiger partial charge >= 0.3 is 0 Å². The van der Waals surface area contributed by atoms with E-state index in [0.717, 1.165) is 17.0 Å². The molecule has 0 saturated heterocycles. The van der Waals surface area contributed by atoms with Crippen LogP contribution in [0.3, 0.4) is 0 Å². The van der Waals surface area contributed by atoms with Crippen molar-refractivity contribution in [2.45, 2.75) is 13.8 Å². The molecular formula is C9H10N2O. The Hall–Kier alpha value is -1.56. The van der Waals surface area contributed by atoms with Gasteiger partial charge in [-0.1, -0.05) is 0 Å². The summed E-state index contributed by atoms with van der Waals surface area (Å²) in [6, 6.07) is 3.84. The molecule has 1 heterocycles. The number of nitriles is 1. The number of aryl methyl sites for hydroxylation is 2. The summed E-state index contributed by atoms with van der Waals surface area (Å²) in [7, 11) is 1.59. The van der Waals surface area contributed by atoms with Crippen molar-refractivity contribution in [2.75, 3.05) is 7.11 Å². The summed E-state index contributed by atoms with van der Waals surface area (Å²) in [6.45, 7) is 3.66. The molecule has 3 nitrogen and oxygen atoms in total. The molecule has 0 unspecified atom stereocenters. The Morgan fingerprint density at radius 2 is 2.17 bits per heavy atom. The number of hydrogen-bond donors (Lipinski definition) is 0. The third-order valence-corrected chi connectivity index (χ3v) is 1.68. The second-order valence-corrected chi connectivity index (χ2v) is 2.55. The van der Waals surface area contributed by atoms with Gasteiger partial charge in [-0.2, -0.15) is 5.26 Å². The van der Waals surface area contributed by atoms with Crippen LogP contribution < -0.4 is 4.74 Å². The van der Waals surface area contributed by atoms with Gasteiger partial charge in [0.05, 0.1) is 12.8 Å². The minimum atomic E-state index is 0.466. The van der Waals surface area contributed by atoms with Crippen LogP contribution in [-0.4, -0.2) is 12.1 Å². The molecule has 0 saturated carbocycles. The number of pyridine rings is 1. The number of nitrogens with zero attached hydrogens (tertiary/aromatic N) is 2. The van der Waals surface area contributed by atoms with E-state index >= 15 is 0 Å². The zero-order valence-corrected chi connectivity index (χ0v) is 7.38. The number of methoxy groups -OCH3 is 1. The third kappa shape index (κ3) is 1.37. The monoisotopic (exact) mass is 162 g/mol. The Balaban J connectivity index is 3.28. The van der Waals surface area contributed by atoms with Gasteiger partial charge in [0.25, 0.3) is 0 Å². The summed E-state index contributed by atoms with van der Waals surface area (Å²) in [5.41, 5.74) is 2.06. The van der Waals surface area contributed by atoms with Gasteiger partial charge in [-0.3, -0.25) is 0 Å². The van der Waals surface area contributed by atoms with E-state index in [1.54, 1.807) is 7.11 Å². The first kappa shape index (κ1) is 8.54. The van der Waals surface area contributed by atoms with E-state index in [0.29, 0.717) is 5.69 Å². The molecule has 0 aromatic carbocycles. The molecule has 0 N–H and O–H groups in total. The van der Waals surface area contributed by atoms with Crippen LogP contribution >= 0.6 is 0 Å². The lowest BCUT2D eigenvalue weighted by molar-refractivity contribution is 0.408. The third-order valence-electron chi connectivity index (χ3n) is 1.68. The van der Waals surface area contributed by atoms with Gasteiger partial charge < -0.3 is 4.74 Å². The Morgan fingerprint density at radius 3 is 2.67 bits per heavy atom. The lowest BCUT2D eigenvalue weighted by Gasteiger charge is -2.05. The highest BCUT2D eigenvalue weighted by Gasteiger charge is 2.04. The molecule has 0 bridgehead atoms. The molecular weight excluding hydrogens is 152 g/mol. The number of ether oxygens (including phenoxy) is 1. The predicted molar refractivity (Wildman–Crippen MR) is 45.0 cm³/mol. The van der Waals surface area contributed by atoms with Gasteiger partial charge in [-0.15, -0.1) is 0 Å². The molecule has 0 fully saturated rings. The topological polar surface area (TPSA) is 45.9 Å². The van der Waals surface area contributed by atoms with Crippen LogP contribution in [-0.2, 0) is 0 Å². The smallest absolute Gasteiger partial charge is 0.143 e. The first-order valence-corrected chi connectivity index (χ1v) is 3.61. The first-order chi connectivity index (χ1) is 5.69.